The molecule has 2 N–H and O–H groups in total. The van der Waals surface area contributed by atoms with Crippen LogP contribution in [0.5, 0.6) is 0 Å². The number of morpholine rings is 1. The first-order chi connectivity index (χ1) is 7.00. The highest BCUT2D eigenvalue weighted by Gasteiger charge is 2.20. The van der Waals surface area contributed by atoms with Crippen molar-refractivity contribution in [2.45, 2.75) is 33.7 Å². The van der Waals surface area contributed by atoms with Crippen LogP contribution in [0.4, 0.5) is 0 Å². The Hall–Kier alpha value is -0.120. The van der Waals surface area contributed by atoms with E-state index in [2.05, 4.69) is 38.3 Å². The normalized spacial score (nSPS) is 25.2. The number of nitrogens with one attached hydrogen (secondary N) is 2. The third kappa shape index (κ3) is 4.96. The minimum Gasteiger partial charge on any atom is -0.378 e. The van der Waals surface area contributed by atoms with E-state index in [4.69, 9.17) is 4.74 Å². The minimum absolute atomic E-state index is 0.392. The Labute approximate surface area is 94.0 Å². The smallest absolute Gasteiger partial charge is 0.0632 e. The van der Waals surface area contributed by atoms with Crippen molar-refractivity contribution in [3.8, 4) is 0 Å². The summed E-state index contributed by atoms with van der Waals surface area (Å²) in [5, 5.41) is 6.96. The highest BCUT2D eigenvalue weighted by atomic mass is 16.5. The van der Waals surface area contributed by atoms with E-state index in [1.807, 2.05) is 0 Å². The van der Waals surface area contributed by atoms with Crippen molar-refractivity contribution >= 4 is 0 Å². The number of hydrogen-bond acceptors (Lipinski definition) is 3. The lowest BCUT2D eigenvalue weighted by molar-refractivity contribution is 0.0759. The van der Waals surface area contributed by atoms with Crippen molar-refractivity contribution in [2.24, 2.45) is 11.3 Å². The summed E-state index contributed by atoms with van der Waals surface area (Å²) in [6.45, 7) is 14.0. The summed E-state index contributed by atoms with van der Waals surface area (Å²) in [6.07, 6.45) is 0. The van der Waals surface area contributed by atoms with Gasteiger partial charge in [0.1, 0.15) is 0 Å². The van der Waals surface area contributed by atoms with Gasteiger partial charge in [-0.3, -0.25) is 0 Å². The maximum Gasteiger partial charge on any atom is 0.0632 e. The van der Waals surface area contributed by atoms with E-state index >= 15 is 0 Å². The van der Waals surface area contributed by atoms with Crippen LogP contribution in [0, 0.1) is 11.3 Å². The second-order valence-corrected chi connectivity index (χ2v) is 5.65. The predicted molar refractivity (Wildman–Crippen MR) is 64.1 cm³/mol. The lowest BCUT2D eigenvalue weighted by Crippen LogP contribution is -2.48. The van der Waals surface area contributed by atoms with Gasteiger partial charge in [0.25, 0.3) is 0 Å². The summed E-state index contributed by atoms with van der Waals surface area (Å²) >= 11 is 0. The molecule has 0 aliphatic carbocycles. The molecule has 0 aromatic carbocycles. The van der Waals surface area contributed by atoms with Gasteiger partial charge in [0.2, 0.25) is 0 Å². The molecule has 0 amide bonds. The summed E-state index contributed by atoms with van der Waals surface area (Å²) in [4.78, 5) is 0. The summed E-state index contributed by atoms with van der Waals surface area (Å²) in [6, 6.07) is 0.492. The van der Waals surface area contributed by atoms with E-state index in [9.17, 15) is 0 Å². The van der Waals surface area contributed by atoms with Crippen LogP contribution in [0.25, 0.3) is 0 Å². The van der Waals surface area contributed by atoms with Gasteiger partial charge in [0, 0.05) is 19.1 Å². The molecule has 1 heterocycles. The van der Waals surface area contributed by atoms with Gasteiger partial charge >= 0.3 is 0 Å². The molecule has 1 aliphatic heterocycles. The van der Waals surface area contributed by atoms with Gasteiger partial charge in [-0.15, -0.1) is 0 Å². The number of rotatable bonds is 4. The van der Waals surface area contributed by atoms with Gasteiger partial charge < -0.3 is 15.4 Å². The van der Waals surface area contributed by atoms with Crippen LogP contribution in [-0.4, -0.2) is 38.9 Å². The van der Waals surface area contributed by atoms with E-state index in [-0.39, 0.29) is 0 Å². The zero-order valence-corrected chi connectivity index (χ0v) is 10.6. The Kier molecular flexibility index (Phi) is 5.03. The van der Waals surface area contributed by atoms with Gasteiger partial charge in [0.15, 0.2) is 0 Å². The van der Waals surface area contributed by atoms with Crippen molar-refractivity contribution < 1.29 is 4.74 Å². The standard InChI is InChI=1S/C12H26N2O/c1-10(12(2,3)4)7-13-8-11-9-15-6-5-14-11/h10-11,13-14H,5-9H2,1-4H3. The molecule has 90 valence electrons. The topological polar surface area (TPSA) is 33.3 Å². The van der Waals surface area contributed by atoms with Crippen LogP contribution >= 0.6 is 0 Å². The monoisotopic (exact) mass is 214 g/mol. The van der Waals surface area contributed by atoms with Crippen molar-refractivity contribution in [1.82, 2.24) is 10.6 Å². The third-order valence-electron chi connectivity index (χ3n) is 3.32. The molecule has 2 unspecified atom stereocenters. The largest absolute Gasteiger partial charge is 0.378 e. The van der Waals surface area contributed by atoms with Crippen molar-refractivity contribution in [3.05, 3.63) is 0 Å². The Balaban J connectivity index is 2.10. The molecule has 0 spiro atoms. The molecular weight excluding hydrogens is 188 g/mol. The summed E-state index contributed by atoms with van der Waals surface area (Å²) in [7, 11) is 0. The Morgan fingerprint density at radius 1 is 1.47 bits per heavy atom. The Morgan fingerprint density at radius 3 is 2.73 bits per heavy atom. The molecule has 0 aromatic heterocycles. The van der Waals surface area contributed by atoms with E-state index in [1.165, 1.54) is 0 Å². The van der Waals surface area contributed by atoms with Gasteiger partial charge in [-0.1, -0.05) is 27.7 Å². The number of hydrogen-bond donors (Lipinski definition) is 2. The molecular formula is C12H26N2O. The van der Waals surface area contributed by atoms with Crippen molar-refractivity contribution in [2.75, 3.05) is 32.8 Å². The molecule has 1 saturated heterocycles. The van der Waals surface area contributed by atoms with Gasteiger partial charge in [0.05, 0.1) is 13.2 Å². The van der Waals surface area contributed by atoms with Crippen LogP contribution in [-0.2, 0) is 4.74 Å². The minimum atomic E-state index is 0.392. The van der Waals surface area contributed by atoms with Crippen LogP contribution in [0.3, 0.4) is 0 Å². The molecule has 0 radical (unpaired) electrons. The maximum absolute atomic E-state index is 5.40. The molecule has 0 aromatic rings. The van der Waals surface area contributed by atoms with Crippen LogP contribution in [0.15, 0.2) is 0 Å². The first-order valence-electron chi connectivity index (χ1n) is 6.02. The second kappa shape index (κ2) is 5.83. The summed E-state index contributed by atoms with van der Waals surface area (Å²) < 4.78 is 5.40. The van der Waals surface area contributed by atoms with E-state index in [0.717, 1.165) is 32.8 Å². The first kappa shape index (κ1) is 12.9. The first-order valence-corrected chi connectivity index (χ1v) is 6.02. The summed E-state index contributed by atoms with van der Waals surface area (Å²) in [5.41, 5.74) is 0.392. The zero-order valence-electron chi connectivity index (χ0n) is 10.6. The van der Waals surface area contributed by atoms with Crippen molar-refractivity contribution in [3.63, 3.8) is 0 Å². The van der Waals surface area contributed by atoms with Crippen LogP contribution in [0.2, 0.25) is 0 Å². The van der Waals surface area contributed by atoms with Gasteiger partial charge in [-0.05, 0) is 17.9 Å². The molecule has 1 rings (SSSR count). The highest BCUT2D eigenvalue weighted by Crippen LogP contribution is 2.24. The highest BCUT2D eigenvalue weighted by molar-refractivity contribution is 4.76. The lowest BCUT2D eigenvalue weighted by atomic mass is 9.82. The SMILES string of the molecule is CC(CNCC1COCCN1)C(C)(C)C. The molecule has 1 fully saturated rings. The third-order valence-corrected chi connectivity index (χ3v) is 3.32. The van der Waals surface area contributed by atoms with Gasteiger partial charge in [-0.25, -0.2) is 0 Å². The molecule has 3 heteroatoms. The summed E-state index contributed by atoms with van der Waals surface area (Å²) in [5.74, 6) is 0.696. The molecule has 0 bridgehead atoms. The molecule has 1 aliphatic rings. The lowest BCUT2D eigenvalue weighted by Gasteiger charge is -2.29. The van der Waals surface area contributed by atoms with E-state index < -0.39 is 0 Å². The maximum atomic E-state index is 5.40. The van der Waals surface area contributed by atoms with Crippen LogP contribution in [0.1, 0.15) is 27.7 Å². The fraction of sp³-hybridized carbons (Fsp3) is 1.00. The van der Waals surface area contributed by atoms with Crippen molar-refractivity contribution in [1.29, 1.82) is 0 Å². The Morgan fingerprint density at radius 2 is 2.20 bits per heavy atom. The molecule has 0 saturated carbocycles. The average molecular weight is 214 g/mol. The average Bonchev–Trinajstić information content (AvgIpc) is 2.18. The second-order valence-electron chi connectivity index (χ2n) is 5.65. The Bertz CT molecular complexity index is 171. The number of ether oxygens (including phenoxy) is 1. The molecule has 2 atom stereocenters. The van der Waals surface area contributed by atoms with Gasteiger partial charge in [-0.2, -0.15) is 0 Å². The van der Waals surface area contributed by atoms with E-state index in [1.54, 1.807) is 0 Å². The fourth-order valence-electron chi connectivity index (χ4n) is 1.53. The molecule has 3 nitrogen and oxygen atoms in total. The predicted octanol–water partition coefficient (Wildman–Crippen LogP) is 1.25. The molecule has 15 heavy (non-hydrogen) atoms. The zero-order chi connectivity index (χ0) is 11.3. The van der Waals surface area contributed by atoms with E-state index in [0.29, 0.717) is 17.4 Å². The quantitative estimate of drug-likeness (QED) is 0.739. The van der Waals surface area contributed by atoms with Crippen LogP contribution < -0.4 is 10.6 Å². The fourth-order valence-corrected chi connectivity index (χ4v) is 1.53.